The number of esters is 2. The van der Waals surface area contributed by atoms with Gasteiger partial charge in [0.1, 0.15) is 12.2 Å². The summed E-state index contributed by atoms with van der Waals surface area (Å²) in [5.74, 6) is -1.34. The van der Waals surface area contributed by atoms with Crippen LogP contribution in [-0.4, -0.2) is 59.3 Å². The number of allylic oxidation sites excluding steroid dienone is 1. The van der Waals surface area contributed by atoms with Gasteiger partial charge in [0.15, 0.2) is 0 Å². The molecule has 4 aliphatic carbocycles. The maximum Gasteiger partial charge on any atom is 0.338 e. The number of fused-ring (bicyclic) bond motifs is 4. The van der Waals surface area contributed by atoms with Crippen molar-refractivity contribution in [3.63, 3.8) is 0 Å². The Morgan fingerprint density at radius 2 is 1.70 bits per heavy atom. The number of aliphatic hydroxyl groups excluding tert-OH is 2. The molecular formula is C35H42O8. The summed E-state index contributed by atoms with van der Waals surface area (Å²) in [7, 11) is 0. The van der Waals surface area contributed by atoms with Crippen molar-refractivity contribution in [1.29, 1.82) is 0 Å². The van der Waals surface area contributed by atoms with Crippen molar-refractivity contribution < 1.29 is 38.4 Å². The number of rotatable bonds is 4. The number of benzene rings is 1. The fourth-order valence-corrected chi connectivity index (χ4v) is 10.7. The zero-order valence-electron chi connectivity index (χ0n) is 25.5. The number of furan rings is 1. The molecule has 1 aromatic carbocycles. The van der Waals surface area contributed by atoms with Gasteiger partial charge in [-0.2, -0.15) is 0 Å². The molecular weight excluding hydrogens is 548 g/mol. The van der Waals surface area contributed by atoms with Gasteiger partial charge in [0.2, 0.25) is 0 Å². The van der Waals surface area contributed by atoms with Crippen LogP contribution in [0.3, 0.4) is 0 Å². The van der Waals surface area contributed by atoms with Crippen LogP contribution >= 0.6 is 0 Å². The standard InChI is InChI=1S/C35H42O8/c1-19(36)42-26-15-24-34(4,23-12-11-22(33(23,26)3)21-13-14-40-17-21)30(38)28-29-32(2,18-41-28)25(37)16-27(35(24,29)5)43-31(39)20-9-7-6-8-10-20/h6-10,12-14,17,22,24-30,37-38H,11,15-16,18H2,1-5H3/t22-,24-,25+,26-,27-,28?,29?,30+,32+,33-,34-,35-/m0/s1. The first-order valence-electron chi connectivity index (χ1n) is 15.5. The molecule has 0 amide bonds. The normalized spacial score (nSPS) is 46.3. The van der Waals surface area contributed by atoms with E-state index in [0.717, 1.165) is 11.1 Å². The molecule has 0 bridgehead atoms. The van der Waals surface area contributed by atoms with Gasteiger partial charge in [0.25, 0.3) is 0 Å². The predicted molar refractivity (Wildman–Crippen MR) is 156 cm³/mol. The second kappa shape index (κ2) is 9.53. The molecule has 2 N–H and O–H groups in total. The summed E-state index contributed by atoms with van der Waals surface area (Å²) in [6.45, 7) is 10.2. The average molecular weight is 591 g/mol. The summed E-state index contributed by atoms with van der Waals surface area (Å²) in [5, 5.41) is 24.0. The third-order valence-electron chi connectivity index (χ3n) is 12.7. The first-order valence-corrected chi connectivity index (χ1v) is 15.5. The second-order valence-electron chi connectivity index (χ2n) is 14.5. The highest BCUT2D eigenvalue weighted by Gasteiger charge is 2.78. The van der Waals surface area contributed by atoms with E-state index in [-0.39, 0.29) is 30.1 Å². The maximum atomic E-state index is 13.5. The smallest absolute Gasteiger partial charge is 0.338 e. The van der Waals surface area contributed by atoms with Crippen LogP contribution in [0.4, 0.5) is 0 Å². The van der Waals surface area contributed by atoms with Crippen LogP contribution in [0, 0.1) is 33.5 Å². The molecule has 12 atom stereocenters. The van der Waals surface area contributed by atoms with Crippen LogP contribution in [0.2, 0.25) is 0 Å². The summed E-state index contributed by atoms with van der Waals surface area (Å²) >= 11 is 0. The minimum atomic E-state index is -0.875. The van der Waals surface area contributed by atoms with Crippen LogP contribution < -0.4 is 0 Å². The fourth-order valence-electron chi connectivity index (χ4n) is 10.7. The Balaban J connectivity index is 1.38. The summed E-state index contributed by atoms with van der Waals surface area (Å²) in [6, 6.07) is 10.9. The molecule has 2 unspecified atom stereocenters. The molecule has 7 rings (SSSR count). The minimum absolute atomic E-state index is 0.00393. The Morgan fingerprint density at radius 3 is 2.37 bits per heavy atom. The Bertz CT molecular complexity index is 1450. The lowest BCUT2D eigenvalue weighted by Crippen LogP contribution is -2.74. The van der Waals surface area contributed by atoms with E-state index < -0.39 is 58.1 Å². The minimum Gasteiger partial charge on any atom is -0.472 e. The maximum absolute atomic E-state index is 13.5. The molecule has 8 nitrogen and oxygen atoms in total. The van der Waals surface area contributed by atoms with Gasteiger partial charge in [0.05, 0.1) is 43.0 Å². The monoisotopic (exact) mass is 590 g/mol. The Morgan fingerprint density at radius 1 is 0.953 bits per heavy atom. The predicted octanol–water partition coefficient (Wildman–Crippen LogP) is 5.05. The van der Waals surface area contributed by atoms with Crippen LogP contribution in [0.1, 0.15) is 75.7 Å². The first kappa shape index (κ1) is 28.8. The Hall–Kier alpha value is -2.94. The van der Waals surface area contributed by atoms with Gasteiger partial charge in [0, 0.05) is 46.8 Å². The summed E-state index contributed by atoms with van der Waals surface area (Å²) in [4.78, 5) is 26.2. The third kappa shape index (κ3) is 3.66. The molecule has 8 heteroatoms. The van der Waals surface area contributed by atoms with E-state index in [9.17, 15) is 19.8 Å². The largest absolute Gasteiger partial charge is 0.472 e. The summed E-state index contributed by atoms with van der Waals surface area (Å²) in [5.41, 5.74) is -0.190. The summed E-state index contributed by atoms with van der Waals surface area (Å²) in [6.07, 6.45) is 3.74. The fraction of sp³-hybridized carbons (Fsp3) is 0.600. The molecule has 0 spiro atoms. The number of ether oxygens (including phenoxy) is 3. The molecule has 1 aliphatic heterocycles. The quantitative estimate of drug-likeness (QED) is 0.376. The van der Waals surface area contributed by atoms with Crippen molar-refractivity contribution in [2.75, 3.05) is 6.61 Å². The lowest BCUT2D eigenvalue weighted by molar-refractivity contribution is -0.265. The van der Waals surface area contributed by atoms with Gasteiger partial charge in [-0.3, -0.25) is 4.79 Å². The number of hydrogen-bond donors (Lipinski definition) is 2. The molecule has 2 heterocycles. The number of hydrogen-bond acceptors (Lipinski definition) is 8. The first-order chi connectivity index (χ1) is 20.4. The van der Waals surface area contributed by atoms with Crippen LogP contribution in [0.5, 0.6) is 0 Å². The third-order valence-corrected chi connectivity index (χ3v) is 12.7. The molecule has 0 radical (unpaired) electrons. The molecule has 1 saturated heterocycles. The highest BCUT2D eigenvalue weighted by atomic mass is 16.6. The molecule has 5 aliphatic rings. The van der Waals surface area contributed by atoms with E-state index >= 15 is 0 Å². The highest BCUT2D eigenvalue weighted by Crippen LogP contribution is 2.75. The molecule has 2 aromatic rings. The molecule has 1 aromatic heterocycles. The topological polar surface area (TPSA) is 115 Å². The van der Waals surface area contributed by atoms with Gasteiger partial charge < -0.3 is 28.8 Å². The molecule has 230 valence electrons. The van der Waals surface area contributed by atoms with Crippen molar-refractivity contribution in [1.82, 2.24) is 0 Å². The van der Waals surface area contributed by atoms with Crippen molar-refractivity contribution in [2.45, 2.75) is 90.3 Å². The van der Waals surface area contributed by atoms with E-state index in [0.29, 0.717) is 25.0 Å². The van der Waals surface area contributed by atoms with E-state index in [1.54, 1.807) is 36.8 Å². The second-order valence-corrected chi connectivity index (χ2v) is 14.5. The van der Waals surface area contributed by atoms with Crippen molar-refractivity contribution >= 4 is 11.9 Å². The lowest BCUT2D eigenvalue weighted by Gasteiger charge is -2.69. The van der Waals surface area contributed by atoms with Crippen molar-refractivity contribution in [3.8, 4) is 0 Å². The van der Waals surface area contributed by atoms with Crippen molar-refractivity contribution in [3.05, 3.63) is 71.7 Å². The molecule has 4 fully saturated rings. The van der Waals surface area contributed by atoms with E-state index in [1.807, 2.05) is 19.1 Å². The summed E-state index contributed by atoms with van der Waals surface area (Å²) < 4.78 is 24.5. The number of carbonyl (C=O) groups excluding carboxylic acids is 2. The molecule has 43 heavy (non-hydrogen) atoms. The van der Waals surface area contributed by atoms with Crippen molar-refractivity contribution in [2.24, 2.45) is 33.5 Å². The highest BCUT2D eigenvalue weighted by molar-refractivity contribution is 5.89. The van der Waals surface area contributed by atoms with Gasteiger partial charge in [-0.05, 0) is 42.5 Å². The van der Waals surface area contributed by atoms with Crippen LogP contribution in [0.15, 0.2) is 65.0 Å². The zero-order valence-corrected chi connectivity index (χ0v) is 25.5. The van der Waals surface area contributed by atoms with E-state index in [4.69, 9.17) is 18.6 Å². The van der Waals surface area contributed by atoms with Gasteiger partial charge in [-0.15, -0.1) is 0 Å². The zero-order chi connectivity index (χ0) is 30.5. The van der Waals surface area contributed by atoms with E-state index in [2.05, 4.69) is 26.8 Å². The van der Waals surface area contributed by atoms with Crippen LogP contribution in [-0.2, 0) is 19.0 Å². The Labute approximate surface area is 252 Å². The number of carbonyl (C=O) groups is 2. The van der Waals surface area contributed by atoms with Crippen LogP contribution in [0.25, 0.3) is 0 Å². The van der Waals surface area contributed by atoms with E-state index in [1.165, 1.54) is 6.92 Å². The lowest BCUT2D eigenvalue weighted by atomic mass is 9.36. The average Bonchev–Trinajstić information content (AvgIpc) is 3.71. The van der Waals surface area contributed by atoms with Gasteiger partial charge in [-0.1, -0.05) is 57.5 Å². The van der Waals surface area contributed by atoms with Gasteiger partial charge >= 0.3 is 11.9 Å². The number of aliphatic hydroxyl groups is 2. The van der Waals surface area contributed by atoms with Gasteiger partial charge in [-0.25, -0.2) is 4.79 Å². The molecule has 3 saturated carbocycles. The SMILES string of the molecule is CC(=O)O[C@H]1C[C@H]2[C@](C)(C3=CC[C@@H](c4ccoc4)[C@@]31C)[C@H](O)C1OC[C@@]3(C)C1[C@]2(C)[C@@H](OC(=O)c1ccccc1)C[C@H]3O. The Kier molecular flexibility index (Phi) is 6.38.